The maximum absolute atomic E-state index is 11.1. The zero-order valence-electron chi connectivity index (χ0n) is 7.79. The zero-order valence-corrected chi connectivity index (χ0v) is 9.30. The summed E-state index contributed by atoms with van der Waals surface area (Å²) < 4.78 is 0. The summed E-state index contributed by atoms with van der Waals surface area (Å²) in [5, 5.41) is 1.45. The van der Waals surface area contributed by atoms with Gasteiger partial charge in [0.05, 0.1) is 5.52 Å². The number of rotatable bonds is 1. The monoisotopic (exact) mass is 240 g/mol. The van der Waals surface area contributed by atoms with Crippen LogP contribution in [0.1, 0.15) is 17.5 Å². The van der Waals surface area contributed by atoms with Crippen molar-refractivity contribution >= 4 is 39.9 Å². The second-order valence-corrected chi connectivity index (χ2v) is 3.85. The van der Waals surface area contributed by atoms with Gasteiger partial charge in [0.1, 0.15) is 5.15 Å². The number of ketones is 1. The van der Waals surface area contributed by atoms with E-state index in [0.29, 0.717) is 15.9 Å². The molecule has 1 aromatic heterocycles. The number of carbonyl (C=O) groups excluding carboxylic acids is 1. The Balaban J connectivity index is 2.78. The molecule has 0 fully saturated rings. The molecule has 76 valence electrons. The third-order valence-corrected chi connectivity index (χ3v) is 2.45. The molecule has 0 N–H and O–H groups in total. The van der Waals surface area contributed by atoms with E-state index in [1.54, 1.807) is 18.2 Å². The molecule has 5 heteroatoms. The van der Waals surface area contributed by atoms with E-state index in [0.717, 1.165) is 0 Å². The van der Waals surface area contributed by atoms with E-state index in [1.807, 2.05) is 0 Å². The molecule has 0 atom stereocenters. The summed E-state index contributed by atoms with van der Waals surface area (Å²) in [6.45, 7) is 1.40. The van der Waals surface area contributed by atoms with Crippen LogP contribution in [0.2, 0.25) is 10.2 Å². The van der Waals surface area contributed by atoms with E-state index in [1.165, 1.54) is 6.92 Å². The highest BCUT2D eigenvalue weighted by molar-refractivity contribution is 6.35. The number of carbonyl (C=O) groups is 1. The van der Waals surface area contributed by atoms with Crippen molar-refractivity contribution in [3.8, 4) is 0 Å². The Morgan fingerprint density at radius 2 is 2.00 bits per heavy atom. The molecule has 0 spiro atoms. The Labute approximate surface area is 96.1 Å². The Kier molecular flexibility index (Phi) is 2.59. The van der Waals surface area contributed by atoms with Crippen LogP contribution >= 0.6 is 23.2 Å². The van der Waals surface area contributed by atoms with Gasteiger partial charge < -0.3 is 0 Å². The SMILES string of the molecule is CC(=O)c1nc(Cl)c2cc(Cl)ccc2n1. The molecular formula is C10H6Cl2N2O. The molecule has 0 amide bonds. The van der Waals surface area contributed by atoms with Gasteiger partial charge in [0.25, 0.3) is 0 Å². The molecule has 1 aromatic carbocycles. The van der Waals surface area contributed by atoms with Crippen molar-refractivity contribution in [1.82, 2.24) is 9.97 Å². The number of hydrogen-bond donors (Lipinski definition) is 0. The smallest absolute Gasteiger partial charge is 0.197 e. The van der Waals surface area contributed by atoms with E-state index < -0.39 is 0 Å². The normalized spacial score (nSPS) is 10.6. The fraction of sp³-hybridized carbons (Fsp3) is 0.100. The van der Waals surface area contributed by atoms with Crippen molar-refractivity contribution in [2.45, 2.75) is 6.92 Å². The van der Waals surface area contributed by atoms with Crippen molar-refractivity contribution in [3.05, 3.63) is 34.2 Å². The van der Waals surface area contributed by atoms with Crippen LogP contribution in [-0.4, -0.2) is 15.8 Å². The second kappa shape index (κ2) is 3.76. The van der Waals surface area contributed by atoms with Gasteiger partial charge in [0, 0.05) is 17.3 Å². The second-order valence-electron chi connectivity index (χ2n) is 3.06. The van der Waals surface area contributed by atoms with Crippen LogP contribution in [0.15, 0.2) is 18.2 Å². The summed E-state index contributed by atoms with van der Waals surface area (Å²) in [5.41, 5.74) is 0.615. The zero-order chi connectivity index (χ0) is 11.0. The van der Waals surface area contributed by atoms with Crippen LogP contribution in [0.25, 0.3) is 10.9 Å². The lowest BCUT2D eigenvalue weighted by Gasteiger charge is -2.01. The minimum atomic E-state index is -0.214. The highest BCUT2D eigenvalue weighted by Crippen LogP contribution is 2.23. The summed E-state index contributed by atoms with van der Waals surface area (Å²) in [5.74, 6) is -0.0939. The highest BCUT2D eigenvalue weighted by atomic mass is 35.5. The largest absolute Gasteiger partial charge is 0.291 e. The van der Waals surface area contributed by atoms with Gasteiger partial charge >= 0.3 is 0 Å². The van der Waals surface area contributed by atoms with Crippen LogP contribution in [0.3, 0.4) is 0 Å². The van der Waals surface area contributed by atoms with E-state index in [9.17, 15) is 4.79 Å². The Morgan fingerprint density at radius 3 is 2.67 bits per heavy atom. The van der Waals surface area contributed by atoms with Gasteiger partial charge in [-0.2, -0.15) is 0 Å². The van der Waals surface area contributed by atoms with E-state index >= 15 is 0 Å². The lowest BCUT2D eigenvalue weighted by Crippen LogP contribution is -2.01. The predicted molar refractivity (Wildman–Crippen MR) is 59.6 cm³/mol. The molecule has 0 aliphatic rings. The summed E-state index contributed by atoms with van der Waals surface area (Å²) >= 11 is 11.7. The summed E-state index contributed by atoms with van der Waals surface area (Å²) in [6, 6.07) is 5.07. The molecule has 0 saturated carbocycles. The Morgan fingerprint density at radius 1 is 1.27 bits per heavy atom. The lowest BCUT2D eigenvalue weighted by atomic mass is 10.2. The number of nitrogens with zero attached hydrogens (tertiary/aromatic N) is 2. The van der Waals surface area contributed by atoms with Crippen molar-refractivity contribution in [2.24, 2.45) is 0 Å². The molecule has 2 aromatic rings. The molecular weight excluding hydrogens is 235 g/mol. The molecule has 0 aliphatic carbocycles. The minimum absolute atomic E-state index is 0.120. The molecule has 0 saturated heterocycles. The van der Waals surface area contributed by atoms with Crippen molar-refractivity contribution < 1.29 is 4.79 Å². The van der Waals surface area contributed by atoms with Gasteiger partial charge in [-0.1, -0.05) is 23.2 Å². The summed E-state index contributed by atoms with van der Waals surface area (Å²) in [6.07, 6.45) is 0. The van der Waals surface area contributed by atoms with Gasteiger partial charge in [-0.15, -0.1) is 0 Å². The van der Waals surface area contributed by atoms with Gasteiger partial charge in [-0.3, -0.25) is 4.79 Å². The number of Topliss-reactive ketones (excluding diaryl/α,β-unsaturated/α-hetero) is 1. The fourth-order valence-corrected chi connectivity index (χ4v) is 1.62. The molecule has 0 radical (unpaired) electrons. The molecule has 0 aliphatic heterocycles. The highest BCUT2D eigenvalue weighted by Gasteiger charge is 2.09. The van der Waals surface area contributed by atoms with Gasteiger partial charge in [0.15, 0.2) is 11.6 Å². The Hall–Kier alpha value is -1.19. The number of benzene rings is 1. The number of hydrogen-bond acceptors (Lipinski definition) is 3. The van der Waals surface area contributed by atoms with E-state index in [4.69, 9.17) is 23.2 Å². The molecule has 2 rings (SSSR count). The molecule has 0 bridgehead atoms. The van der Waals surface area contributed by atoms with Crippen LogP contribution < -0.4 is 0 Å². The standard InChI is InChI=1S/C10H6Cl2N2O/c1-5(15)10-13-8-3-2-6(11)4-7(8)9(12)14-10/h2-4H,1H3. The fourth-order valence-electron chi connectivity index (χ4n) is 1.22. The van der Waals surface area contributed by atoms with Gasteiger partial charge in [-0.05, 0) is 18.2 Å². The first-order valence-electron chi connectivity index (χ1n) is 4.21. The Bertz CT molecular complexity index is 554. The van der Waals surface area contributed by atoms with Gasteiger partial charge in [0.2, 0.25) is 0 Å². The average molecular weight is 241 g/mol. The average Bonchev–Trinajstić information content (AvgIpc) is 2.18. The lowest BCUT2D eigenvalue weighted by molar-refractivity contribution is 0.100. The van der Waals surface area contributed by atoms with Crippen molar-refractivity contribution in [3.63, 3.8) is 0 Å². The number of fused-ring (bicyclic) bond motifs is 1. The first-order chi connectivity index (χ1) is 7.08. The molecule has 15 heavy (non-hydrogen) atoms. The first kappa shape index (κ1) is 10.3. The molecule has 0 unspecified atom stereocenters. The maximum Gasteiger partial charge on any atom is 0.197 e. The van der Waals surface area contributed by atoms with Crippen LogP contribution in [0.5, 0.6) is 0 Å². The first-order valence-corrected chi connectivity index (χ1v) is 4.97. The summed E-state index contributed by atoms with van der Waals surface area (Å²) in [7, 11) is 0. The van der Waals surface area contributed by atoms with Crippen molar-refractivity contribution in [2.75, 3.05) is 0 Å². The molecule has 1 heterocycles. The number of halogens is 2. The summed E-state index contributed by atoms with van der Waals surface area (Å²) in [4.78, 5) is 19.1. The predicted octanol–water partition coefficient (Wildman–Crippen LogP) is 3.14. The quantitative estimate of drug-likeness (QED) is 0.569. The number of aromatic nitrogens is 2. The topological polar surface area (TPSA) is 42.9 Å². The third-order valence-electron chi connectivity index (χ3n) is 1.93. The van der Waals surface area contributed by atoms with Gasteiger partial charge in [-0.25, -0.2) is 9.97 Å². The van der Waals surface area contributed by atoms with Crippen molar-refractivity contribution in [1.29, 1.82) is 0 Å². The van der Waals surface area contributed by atoms with Crippen LogP contribution in [0, 0.1) is 0 Å². The minimum Gasteiger partial charge on any atom is -0.291 e. The van der Waals surface area contributed by atoms with E-state index in [-0.39, 0.29) is 16.8 Å². The maximum atomic E-state index is 11.1. The molecule has 3 nitrogen and oxygen atoms in total. The van der Waals surface area contributed by atoms with E-state index in [2.05, 4.69) is 9.97 Å². The van der Waals surface area contributed by atoms with Crippen LogP contribution in [-0.2, 0) is 0 Å². The van der Waals surface area contributed by atoms with Crippen LogP contribution in [0.4, 0.5) is 0 Å². The third kappa shape index (κ3) is 1.94.